The summed E-state index contributed by atoms with van der Waals surface area (Å²) in [5.41, 5.74) is -0.615. The quantitative estimate of drug-likeness (QED) is 0.548. The van der Waals surface area contributed by atoms with Crippen LogP contribution in [0.2, 0.25) is 5.02 Å². The third-order valence-corrected chi connectivity index (χ3v) is 5.67. The van der Waals surface area contributed by atoms with Crippen LogP contribution in [0.1, 0.15) is 38.2 Å². The van der Waals surface area contributed by atoms with E-state index in [4.69, 9.17) is 25.8 Å². The fraction of sp³-hybridized carbons (Fsp3) is 0.550. The van der Waals surface area contributed by atoms with Gasteiger partial charge in [0.05, 0.1) is 13.2 Å². The van der Waals surface area contributed by atoms with Crippen molar-refractivity contribution < 1.29 is 28.6 Å². The van der Waals surface area contributed by atoms with Crippen molar-refractivity contribution in [1.29, 1.82) is 0 Å². The predicted octanol–water partition coefficient (Wildman–Crippen LogP) is 3.28. The van der Waals surface area contributed by atoms with Gasteiger partial charge in [0.1, 0.15) is 11.5 Å². The van der Waals surface area contributed by atoms with E-state index in [-0.39, 0.29) is 11.7 Å². The van der Waals surface area contributed by atoms with Gasteiger partial charge in [-0.3, -0.25) is 14.5 Å². The van der Waals surface area contributed by atoms with Crippen LogP contribution in [0.15, 0.2) is 24.3 Å². The summed E-state index contributed by atoms with van der Waals surface area (Å²) in [4.78, 5) is 39.0. The van der Waals surface area contributed by atoms with Crippen molar-refractivity contribution in [2.75, 3.05) is 20.3 Å². The van der Waals surface area contributed by atoms with Crippen molar-refractivity contribution in [2.24, 2.45) is 5.92 Å². The summed E-state index contributed by atoms with van der Waals surface area (Å²) >= 11 is 6.38. The molecule has 1 saturated carbocycles. The van der Waals surface area contributed by atoms with Crippen LogP contribution in [0.3, 0.4) is 0 Å². The molecule has 1 amide bonds. The van der Waals surface area contributed by atoms with Crippen LogP contribution in [-0.2, 0) is 29.3 Å². The van der Waals surface area contributed by atoms with Crippen LogP contribution in [0.4, 0.5) is 4.79 Å². The Labute approximate surface area is 168 Å². The summed E-state index contributed by atoms with van der Waals surface area (Å²) in [7, 11) is 1.52. The first-order valence-electron chi connectivity index (χ1n) is 9.37. The van der Waals surface area contributed by atoms with Gasteiger partial charge >= 0.3 is 12.1 Å². The highest BCUT2D eigenvalue weighted by atomic mass is 35.5. The van der Waals surface area contributed by atoms with E-state index in [1.165, 1.54) is 18.9 Å². The Morgan fingerprint density at radius 1 is 1.25 bits per heavy atom. The van der Waals surface area contributed by atoms with Crippen molar-refractivity contribution in [3.8, 4) is 0 Å². The SMILES string of the molecule is CC(OC(=O)C1COC1)OC(=O)N(C)[C@]1(c2ccccc2Cl)CCCCC1=O. The second kappa shape index (κ2) is 8.49. The number of halogens is 1. The molecule has 0 aromatic heterocycles. The average Bonchev–Trinajstić information content (AvgIpc) is 2.60. The minimum atomic E-state index is -1.20. The smallest absolute Gasteiger partial charge is 0.413 e. The fourth-order valence-corrected chi connectivity index (χ4v) is 3.95. The van der Waals surface area contributed by atoms with Crippen molar-refractivity contribution >= 4 is 29.4 Å². The summed E-state index contributed by atoms with van der Waals surface area (Å²) in [6.07, 6.45) is 0.529. The second-order valence-electron chi connectivity index (χ2n) is 7.15. The number of ketones is 1. The lowest BCUT2D eigenvalue weighted by molar-refractivity contribution is -0.185. The van der Waals surface area contributed by atoms with E-state index in [1.807, 2.05) is 0 Å². The molecule has 28 heavy (non-hydrogen) atoms. The third-order valence-electron chi connectivity index (χ3n) is 5.34. The maximum atomic E-state index is 13.0. The molecule has 1 aromatic carbocycles. The Hall–Kier alpha value is -2.12. The molecular weight excluding hydrogens is 386 g/mol. The molecule has 3 rings (SSSR count). The second-order valence-corrected chi connectivity index (χ2v) is 7.56. The number of benzene rings is 1. The van der Waals surface area contributed by atoms with E-state index < -0.39 is 23.9 Å². The monoisotopic (exact) mass is 409 g/mol. The van der Waals surface area contributed by atoms with E-state index in [0.717, 1.165) is 12.8 Å². The number of hydrogen-bond donors (Lipinski definition) is 0. The molecule has 2 aliphatic rings. The number of nitrogens with zero attached hydrogens (tertiary/aromatic N) is 1. The van der Waals surface area contributed by atoms with Crippen LogP contribution < -0.4 is 0 Å². The van der Waals surface area contributed by atoms with Gasteiger partial charge in [-0.1, -0.05) is 29.8 Å². The Morgan fingerprint density at radius 3 is 2.57 bits per heavy atom. The molecule has 1 saturated heterocycles. The summed E-state index contributed by atoms with van der Waals surface area (Å²) in [5.74, 6) is -0.875. The summed E-state index contributed by atoms with van der Waals surface area (Å²) in [6, 6.07) is 7.02. The van der Waals surface area contributed by atoms with E-state index >= 15 is 0 Å². The Bertz CT molecular complexity index is 765. The number of esters is 1. The van der Waals surface area contributed by atoms with Gasteiger partial charge in [0.25, 0.3) is 0 Å². The van der Waals surface area contributed by atoms with E-state index in [9.17, 15) is 14.4 Å². The summed E-state index contributed by atoms with van der Waals surface area (Å²) < 4.78 is 15.4. The molecule has 152 valence electrons. The zero-order valence-electron chi connectivity index (χ0n) is 16.0. The van der Waals surface area contributed by atoms with Gasteiger partial charge in [-0.05, 0) is 25.3 Å². The molecule has 2 fully saturated rings. The lowest BCUT2D eigenvalue weighted by Crippen LogP contribution is -2.55. The van der Waals surface area contributed by atoms with Crippen molar-refractivity contribution in [1.82, 2.24) is 4.90 Å². The molecule has 7 nitrogen and oxygen atoms in total. The number of Topliss-reactive ketones (excluding diaryl/α,β-unsaturated/α-hetero) is 1. The lowest BCUT2D eigenvalue weighted by atomic mass is 9.74. The van der Waals surface area contributed by atoms with E-state index in [1.54, 1.807) is 24.3 Å². The predicted molar refractivity (Wildman–Crippen MR) is 101 cm³/mol. The topological polar surface area (TPSA) is 82.1 Å². The number of hydrogen-bond acceptors (Lipinski definition) is 6. The largest absolute Gasteiger partial charge is 0.425 e. The summed E-state index contributed by atoms with van der Waals surface area (Å²) in [6.45, 7) is 2.08. The highest BCUT2D eigenvalue weighted by Gasteiger charge is 2.49. The zero-order valence-corrected chi connectivity index (χ0v) is 16.7. The minimum Gasteiger partial charge on any atom is -0.425 e. The highest BCUT2D eigenvalue weighted by molar-refractivity contribution is 6.31. The average molecular weight is 410 g/mol. The Balaban J connectivity index is 1.78. The number of amides is 1. The third kappa shape index (κ3) is 3.86. The summed E-state index contributed by atoms with van der Waals surface area (Å²) in [5, 5.41) is 0.418. The number of carbonyl (C=O) groups excluding carboxylic acids is 3. The number of carbonyl (C=O) groups is 3. The molecule has 0 spiro atoms. The Kier molecular flexibility index (Phi) is 6.25. The molecule has 1 aliphatic heterocycles. The first-order chi connectivity index (χ1) is 13.4. The van der Waals surface area contributed by atoms with Gasteiger partial charge in [-0.2, -0.15) is 0 Å². The van der Waals surface area contributed by atoms with Crippen LogP contribution in [0, 0.1) is 5.92 Å². The van der Waals surface area contributed by atoms with Crippen LogP contribution in [0.25, 0.3) is 0 Å². The molecule has 8 heteroatoms. The van der Waals surface area contributed by atoms with E-state index in [2.05, 4.69) is 0 Å². The van der Waals surface area contributed by atoms with Gasteiger partial charge in [0.15, 0.2) is 5.78 Å². The van der Waals surface area contributed by atoms with Crippen molar-refractivity contribution in [3.05, 3.63) is 34.9 Å². The van der Waals surface area contributed by atoms with Gasteiger partial charge < -0.3 is 14.2 Å². The zero-order chi connectivity index (χ0) is 20.3. The molecule has 1 heterocycles. The normalized spacial score (nSPS) is 23.5. The van der Waals surface area contributed by atoms with E-state index in [0.29, 0.717) is 36.6 Å². The molecule has 1 aliphatic carbocycles. The first kappa shape index (κ1) is 20.6. The molecule has 2 atom stereocenters. The Morgan fingerprint density at radius 2 is 1.96 bits per heavy atom. The first-order valence-corrected chi connectivity index (χ1v) is 9.75. The maximum absolute atomic E-state index is 13.0. The molecule has 1 aromatic rings. The van der Waals surface area contributed by atoms with Crippen molar-refractivity contribution in [3.63, 3.8) is 0 Å². The maximum Gasteiger partial charge on any atom is 0.413 e. The molecule has 0 radical (unpaired) electrons. The van der Waals surface area contributed by atoms with Crippen LogP contribution in [0.5, 0.6) is 0 Å². The highest BCUT2D eigenvalue weighted by Crippen LogP contribution is 2.42. The van der Waals surface area contributed by atoms with Crippen LogP contribution in [-0.4, -0.2) is 49.3 Å². The number of rotatable bonds is 5. The van der Waals surface area contributed by atoms with Gasteiger partial charge in [0, 0.05) is 31.0 Å². The molecular formula is C20H24ClNO6. The fourth-order valence-electron chi connectivity index (χ4n) is 3.66. The molecule has 1 unspecified atom stereocenters. The minimum absolute atomic E-state index is 0.0810. The number of ether oxygens (including phenoxy) is 3. The van der Waals surface area contributed by atoms with Gasteiger partial charge in [-0.15, -0.1) is 0 Å². The van der Waals surface area contributed by atoms with Crippen LogP contribution >= 0.6 is 11.6 Å². The van der Waals surface area contributed by atoms with Gasteiger partial charge in [0.2, 0.25) is 6.29 Å². The lowest BCUT2D eigenvalue weighted by Gasteiger charge is -2.43. The molecule has 0 N–H and O–H groups in total. The molecule has 0 bridgehead atoms. The number of likely N-dealkylation sites (N-methyl/N-ethyl adjacent to an activating group) is 1. The standard InChI is InChI=1S/C20H24ClNO6/c1-13(27-18(24)14-11-26-12-14)28-19(25)22(2)20(10-6-5-9-17(20)23)15-7-3-4-8-16(15)21/h3-4,7-8,13-14H,5-6,9-12H2,1-2H3/t13?,20-/m0/s1. The van der Waals surface area contributed by atoms with Crippen molar-refractivity contribution in [2.45, 2.75) is 44.4 Å². The van der Waals surface area contributed by atoms with Gasteiger partial charge in [-0.25, -0.2) is 4.79 Å².